The molecule has 1 amide bonds. The second kappa shape index (κ2) is 9.04. The maximum Gasteiger partial charge on any atom is 0.340 e. The first-order valence-corrected chi connectivity index (χ1v) is 9.28. The molecule has 3 aromatic rings. The highest BCUT2D eigenvalue weighted by molar-refractivity contribution is 6.08. The molecule has 8 heteroatoms. The molecule has 0 unspecified atom stereocenters. The first kappa shape index (κ1) is 20.8. The van der Waals surface area contributed by atoms with Gasteiger partial charge in [0.25, 0.3) is 11.5 Å². The van der Waals surface area contributed by atoms with Crippen LogP contribution in [0.1, 0.15) is 33.3 Å². The fraction of sp³-hybridized carbons (Fsp3) is 0.182. The van der Waals surface area contributed by atoms with Crippen molar-refractivity contribution in [2.24, 2.45) is 0 Å². The van der Waals surface area contributed by atoms with E-state index in [4.69, 9.17) is 9.47 Å². The molecule has 154 valence electrons. The van der Waals surface area contributed by atoms with Gasteiger partial charge in [0.15, 0.2) is 11.4 Å². The number of aromatic nitrogens is 2. The highest BCUT2D eigenvalue weighted by Gasteiger charge is 2.21. The zero-order chi connectivity index (χ0) is 21.7. The van der Waals surface area contributed by atoms with E-state index in [0.29, 0.717) is 5.69 Å². The molecule has 1 aromatic heterocycles. The fourth-order valence-electron chi connectivity index (χ4n) is 2.89. The quantitative estimate of drug-likeness (QED) is 0.631. The summed E-state index contributed by atoms with van der Waals surface area (Å²) in [5, 5.41) is 6.89. The molecule has 8 nitrogen and oxygen atoms in total. The first-order valence-electron chi connectivity index (χ1n) is 9.28. The van der Waals surface area contributed by atoms with Gasteiger partial charge in [-0.25, -0.2) is 4.79 Å². The number of aryl methyl sites for hydroxylation is 1. The number of benzene rings is 2. The molecular formula is C22H21N3O5. The van der Waals surface area contributed by atoms with E-state index in [2.05, 4.69) is 10.4 Å². The number of carbonyl (C=O) groups excluding carboxylic acids is 2. The summed E-state index contributed by atoms with van der Waals surface area (Å²) in [6.45, 7) is 3.74. The van der Waals surface area contributed by atoms with Crippen molar-refractivity contribution in [1.82, 2.24) is 9.78 Å². The summed E-state index contributed by atoms with van der Waals surface area (Å²) < 4.78 is 11.4. The van der Waals surface area contributed by atoms with Gasteiger partial charge in [-0.3, -0.25) is 9.59 Å². The monoisotopic (exact) mass is 407 g/mol. The Hall–Kier alpha value is -3.94. The molecule has 0 spiro atoms. The molecule has 0 saturated heterocycles. The Morgan fingerprint density at radius 1 is 1.10 bits per heavy atom. The van der Waals surface area contributed by atoms with Crippen molar-refractivity contribution >= 4 is 17.6 Å². The van der Waals surface area contributed by atoms with Gasteiger partial charge in [-0.2, -0.15) is 9.78 Å². The van der Waals surface area contributed by atoms with Crippen LogP contribution in [0.15, 0.2) is 59.4 Å². The van der Waals surface area contributed by atoms with Gasteiger partial charge in [-0.05, 0) is 37.6 Å². The molecule has 30 heavy (non-hydrogen) atoms. The van der Waals surface area contributed by atoms with E-state index in [9.17, 15) is 14.4 Å². The van der Waals surface area contributed by atoms with Crippen LogP contribution in [0.4, 0.5) is 5.69 Å². The average molecular weight is 407 g/mol. The fourth-order valence-corrected chi connectivity index (χ4v) is 2.89. The second-order valence-corrected chi connectivity index (χ2v) is 6.32. The molecule has 0 fully saturated rings. The Morgan fingerprint density at radius 3 is 2.50 bits per heavy atom. The summed E-state index contributed by atoms with van der Waals surface area (Å²) in [6, 6.07) is 14.8. The summed E-state index contributed by atoms with van der Waals surface area (Å²) >= 11 is 0. The van der Waals surface area contributed by atoms with E-state index in [1.165, 1.54) is 13.2 Å². The van der Waals surface area contributed by atoms with Gasteiger partial charge in [0.1, 0.15) is 0 Å². The predicted molar refractivity (Wildman–Crippen MR) is 111 cm³/mol. The van der Waals surface area contributed by atoms with Crippen molar-refractivity contribution in [3.05, 3.63) is 81.8 Å². The lowest BCUT2D eigenvalue weighted by Crippen LogP contribution is -2.27. The topological polar surface area (TPSA) is 99.5 Å². The lowest BCUT2D eigenvalue weighted by atomic mass is 10.1. The van der Waals surface area contributed by atoms with Crippen molar-refractivity contribution in [3.8, 4) is 11.4 Å². The number of nitrogens with one attached hydrogen (secondary N) is 1. The number of hydrogen-bond donors (Lipinski definition) is 1. The number of hydrogen-bond acceptors (Lipinski definition) is 6. The molecule has 2 aromatic carbocycles. The summed E-state index contributed by atoms with van der Waals surface area (Å²) in [6.07, 6.45) is 0. The number of carbonyl (C=O) groups is 2. The number of methoxy groups -OCH3 is 1. The van der Waals surface area contributed by atoms with Gasteiger partial charge in [-0.15, -0.1) is 0 Å². The Balaban J connectivity index is 2.03. The highest BCUT2D eigenvalue weighted by Crippen LogP contribution is 2.20. The average Bonchev–Trinajstić information content (AvgIpc) is 2.74. The Morgan fingerprint density at radius 2 is 1.80 bits per heavy atom. The van der Waals surface area contributed by atoms with Crippen LogP contribution in [0, 0.1) is 6.92 Å². The van der Waals surface area contributed by atoms with Gasteiger partial charge < -0.3 is 14.8 Å². The number of para-hydroxylation sites is 2. The molecule has 3 rings (SSSR count). The lowest BCUT2D eigenvalue weighted by molar-refractivity contribution is 0.0527. The third-order valence-corrected chi connectivity index (χ3v) is 4.35. The summed E-state index contributed by atoms with van der Waals surface area (Å²) in [5.41, 5.74) is 1.29. The van der Waals surface area contributed by atoms with Crippen molar-refractivity contribution in [1.29, 1.82) is 0 Å². The van der Waals surface area contributed by atoms with Crippen LogP contribution in [-0.2, 0) is 4.74 Å². The molecule has 1 N–H and O–H groups in total. The van der Waals surface area contributed by atoms with Gasteiger partial charge >= 0.3 is 5.97 Å². The predicted octanol–water partition coefficient (Wildman–Crippen LogP) is 2.98. The zero-order valence-corrected chi connectivity index (χ0v) is 16.8. The Bertz CT molecular complexity index is 1150. The molecule has 0 saturated carbocycles. The van der Waals surface area contributed by atoms with E-state index in [-0.39, 0.29) is 29.3 Å². The van der Waals surface area contributed by atoms with Crippen molar-refractivity contribution in [2.75, 3.05) is 19.0 Å². The van der Waals surface area contributed by atoms with E-state index in [0.717, 1.165) is 10.2 Å². The minimum absolute atomic E-state index is 0.0240. The van der Waals surface area contributed by atoms with E-state index < -0.39 is 17.4 Å². The zero-order valence-electron chi connectivity index (χ0n) is 16.8. The maximum atomic E-state index is 13.0. The van der Waals surface area contributed by atoms with Crippen LogP contribution in [-0.4, -0.2) is 35.4 Å². The van der Waals surface area contributed by atoms with Crippen LogP contribution >= 0.6 is 0 Å². The van der Waals surface area contributed by atoms with Crippen molar-refractivity contribution < 1.29 is 19.1 Å². The molecule has 0 aliphatic carbocycles. The van der Waals surface area contributed by atoms with Crippen LogP contribution in [0.2, 0.25) is 0 Å². The summed E-state index contributed by atoms with van der Waals surface area (Å²) in [7, 11) is 1.35. The van der Waals surface area contributed by atoms with E-state index >= 15 is 0 Å². The molecule has 0 atom stereocenters. The smallest absolute Gasteiger partial charge is 0.340 e. The molecule has 0 aliphatic heterocycles. The second-order valence-electron chi connectivity index (χ2n) is 6.32. The molecule has 1 heterocycles. The van der Waals surface area contributed by atoms with E-state index in [1.54, 1.807) is 43.3 Å². The Labute approximate surface area is 173 Å². The number of anilines is 1. The lowest BCUT2D eigenvalue weighted by Gasteiger charge is -2.14. The Kier molecular flexibility index (Phi) is 6.26. The number of amides is 1. The summed E-state index contributed by atoms with van der Waals surface area (Å²) in [5.74, 6) is -1.17. The molecular weight excluding hydrogens is 386 g/mol. The maximum absolute atomic E-state index is 13.0. The largest absolute Gasteiger partial charge is 0.494 e. The van der Waals surface area contributed by atoms with Crippen LogP contribution in [0.5, 0.6) is 5.75 Å². The standard InChI is InChI=1S/C22H21N3O5/c1-4-30-22(28)15-10-6-7-11-16(15)23-21(27)20-18(29-3)13-19(26)25(24-20)17-12-8-5-9-14(17)2/h5-13H,4H2,1-3H3,(H,23,27). The van der Waals surface area contributed by atoms with Crippen LogP contribution in [0.25, 0.3) is 5.69 Å². The molecule has 0 radical (unpaired) electrons. The SMILES string of the molecule is CCOC(=O)c1ccccc1NC(=O)c1nn(-c2ccccc2C)c(=O)cc1OC. The van der Waals surface area contributed by atoms with Crippen molar-refractivity contribution in [3.63, 3.8) is 0 Å². The molecule has 0 aliphatic rings. The number of esters is 1. The highest BCUT2D eigenvalue weighted by atomic mass is 16.5. The number of ether oxygens (including phenoxy) is 2. The number of nitrogens with zero attached hydrogens (tertiary/aromatic N) is 2. The minimum atomic E-state index is -0.633. The van der Waals surface area contributed by atoms with Crippen LogP contribution in [0.3, 0.4) is 0 Å². The van der Waals surface area contributed by atoms with Gasteiger partial charge in [0.05, 0.1) is 36.7 Å². The van der Waals surface area contributed by atoms with Gasteiger partial charge in [0, 0.05) is 0 Å². The number of rotatable bonds is 6. The van der Waals surface area contributed by atoms with Crippen molar-refractivity contribution in [2.45, 2.75) is 13.8 Å². The van der Waals surface area contributed by atoms with E-state index in [1.807, 2.05) is 19.1 Å². The first-order chi connectivity index (χ1) is 14.5. The third-order valence-electron chi connectivity index (χ3n) is 4.35. The normalized spacial score (nSPS) is 10.4. The summed E-state index contributed by atoms with van der Waals surface area (Å²) in [4.78, 5) is 37.7. The van der Waals surface area contributed by atoms with Crippen LogP contribution < -0.4 is 15.6 Å². The third kappa shape index (κ3) is 4.22. The van der Waals surface area contributed by atoms with Gasteiger partial charge in [0.2, 0.25) is 0 Å². The van der Waals surface area contributed by atoms with Gasteiger partial charge in [-0.1, -0.05) is 30.3 Å². The molecule has 0 bridgehead atoms. The minimum Gasteiger partial charge on any atom is -0.494 e.